The monoisotopic (exact) mass is 405 g/mol. The number of fused-ring (bicyclic) bond motifs is 1. The highest BCUT2D eigenvalue weighted by molar-refractivity contribution is 6.33. The first-order chi connectivity index (χ1) is 14.5. The molecule has 0 amide bonds. The third-order valence-electron chi connectivity index (χ3n) is 4.76. The van der Waals surface area contributed by atoms with Crippen molar-refractivity contribution >= 4 is 23.5 Å². The van der Waals surface area contributed by atoms with Gasteiger partial charge in [0.05, 0.1) is 21.3 Å². The van der Waals surface area contributed by atoms with Crippen LogP contribution in [-0.2, 0) is 4.79 Å². The van der Waals surface area contributed by atoms with Crippen molar-refractivity contribution in [2.75, 3.05) is 21.3 Å². The van der Waals surface area contributed by atoms with Crippen LogP contribution >= 0.6 is 0 Å². The molecule has 30 heavy (non-hydrogen) atoms. The molecule has 0 unspecified atom stereocenters. The molecule has 0 radical (unpaired) electrons. The van der Waals surface area contributed by atoms with Gasteiger partial charge >= 0.3 is 5.95 Å². The summed E-state index contributed by atoms with van der Waals surface area (Å²) < 4.78 is 21.5. The van der Waals surface area contributed by atoms with Gasteiger partial charge < -0.3 is 23.7 Å². The fourth-order valence-electron chi connectivity index (χ4n) is 3.31. The molecule has 0 bridgehead atoms. The summed E-state index contributed by atoms with van der Waals surface area (Å²) in [5, 5.41) is 10.3. The number of ether oxygens (including phenoxy) is 3. The number of nitrogens with zero attached hydrogens (tertiary/aromatic N) is 1. The standard InChI is InChI=1S/C23H19NO6/c1-27-19-10-14(11-20(28-2)21(19)29-3)22-24-17(23(26)30-22)12-16-15-7-5-4-6-13(15)8-9-18(16)25/h4-12,26H,1-3H3/b16-12-. The molecule has 0 aliphatic heterocycles. The highest BCUT2D eigenvalue weighted by atomic mass is 16.5. The lowest BCUT2D eigenvalue weighted by molar-refractivity contribution is -0.109. The zero-order valence-electron chi connectivity index (χ0n) is 16.6. The molecular formula is C23H19NO6. The van der Waals surface area contributed by atoms with Crippen LogP contribution in [0.3, 0.4) is 0 Å². The van der Waals surface area contributed by atoms with Crippen LogP contribution in [0.15, 0.2) is 46.9 Å². The van der Waals surface area contributed by atoms with Gasteiger partial charge in [-0.3, -0.25) is 4.79 Å². The summed E-state index contributed by atoms with van der Waals surface area (Å²) >= 11 is 0. The maximum Gasteiger partial charge on any atom is 0.310 e. The zero-order chi connectivity index (χ0) is 21.3. The Bertz CT molecular complexity index is 1160. The van der Waals surface area contributed by atoms with Crippen LogP contribution in [0.1, 0.15) is 16.8 Å². The van der Waals surface area contributed by atoms with Crippen molar-refractivity contribution in [1.29, 1.82) is 0 Å². The van der Waals surface area contributed by atoms with E-state index in [-0.39, 0.29) is 17.4 Å². The van der Waals surface area contributed by atoms with Crippen LogP contribution < -0.4 is 14.2 Å². The van der Waals surface area contributed by atoms with E-state index in [0.717, 1.165) is 11.1 Å². The number of allylic oxidation sites excluding steroid dienone is 2. The van der Waals surface area contributed by atoms with Gasteiger partial charge in [0.2, 0.25) is 11.6 Å². The number of aromatic hydroxyl groups is 1. The van der Waals surface area contributed by atoms with E-state index >= 15 is 0 Å². The first-order valence-electron chi connectivity index (χ1n) is 9.09. The van der Waals surface area contributed by atoms with E-state index in [1.54, 1.807) is 18.2 Å². The minimum Gasteiger partial charge on any atom is -0.493 e. The number of ketones is 1. The molecule has 3 aromatic rings. The number of carbonyl (C=O) groups excluding carboxylic acids is 1. The molecule has 1 heterocycles. The predicted molar refractivity (Wildman–Crippen MR) is 112 cm³/mol. The van der Waals surface area contributed by atoms with Gasteiger partial charge in [0.15, 0.2) is 17.3 Å². The number of oxazole rings is 1. The lowest BCUT2D eigenvalue weighted by Crippen LogP contribution is -2.04. The Morgan fingerprint density at radius 1 is 1.00 bits per heavy atom. The highest BCUT2D eigenvalue weighted by Crippen LogP contribution is 2.42. The first-order valence-corrected chi connectivity index (χ1v) is 9.09. The van der Waals surface area contributed by atoms with Gasteiger partial charge in [0.25, 0.3) is 0 Å². The molecule has 7 nitrogen and oxygen atoms in total. The van der Waals surface area contributed by atoms with Crippen molar-refractivity contribution in [2.45, 2.75) is 0 Å². The molecule has 7 heteroatoms. The van der Waals surface area contributed by atoms with E-state index < -0.39 is 5.95 Å². The largest absolute Gasteiger partial charge is 0.493 e. The molecule has 0 atom stereocenters. The number of methoxy groups -OCH3 is 3. The normalized spacial score (nSPS) is 14.0. The zero-order valence-corrected chi connectivity index (χ0v) is 16.6. The van der Waals surface area contributed by atoms with Gasteiger partial charge in [-0.25, -0.2) is 4.98 Å². The number of benzene rings is 2. The average molecular weight is 405 g/mol. The Balaban J connectivity index is 1.79. The van der Waals surface area contributed by atoms with E-state index in [1.807, 2.05) is 24.3 Å². The fourth-order valence-corrected chi connectivity index (χ4v) is 3.31. The topological polar surface area (TPSA) is 91.0 Å². The summed E-state index contributed by atoms with van der Waals surface area (Å²) in [6, 6.07) is 10.8. The van der Waals surface area contributed by atoms with E-state index in [4.69, 9.17) is 18.6 Å². The minimum atomic E-state index is -0.397. The van der Waals surface area contributed by atoms with Crippen molar-refractivity contribution in [2.24, 2.45) is 0 Å². The Labute approximate surface area is 172 Å². The van der Waals surface area contributed by atoms with Crippen molar-refractivity contribution < 1.29 is 28.5 Å². The number of hydrogen-bond donors (Lipinski definition) is 1. The molecular weight excluding hydrogens is 386 g/mol. The molecule has 2 aromatic carbocycles. The van der Waals surface area contributed by atoms with Crippen LogP contribution in [-0.4, -0.2) is 37.2 Å². The molecule has 1 N–H and O–H groups in total. The van der Waals surface area contributed by atoms with Crippen molar-refractivity contribution in [1.82, 2.24) is 4.98 Å². The van der Waals surface area contributed by atoms with Gasteiger partial charge in [0.1, 0.15) is 5.69 Å². The van der Waals surface area contributed by atoms with E-state index in [2.05, 4.69) is 4.98 Å². The summed E-state index contributed by atoms with van der Waals surface area (Å²) in [7, 11) is 4.52. The SMILES string of the molecule is COc1cc(-c2nc(/C=C3\C(=O)C=Cc4ccccc43)c(O)o2)cc(OC)c1OC. The number of rotatable bonds is 5. The van der Waals surface area contributed by atoms with Crippen LogP contribution in [0.25, 0.3) is 29.2 Å². The van der Waals surface area contributed by atoms with Gasteiger partial charge in [-0.2, -0.15) is 0 Å². The smallest absolute Gasteiger partial charge is 0.310 e. The molecule has 0 saturated heterocycles. The van der Waals surface area contributed by atoms with E-state index in [0.29, 0.717) is 28.4 Å². The Morgan fingerprint density at radius 2 is 1.70 bits per heavy atom. The maximum absolute atomic E-state index is 12.4. The van der Waals surface area contributed by atoms with Crippen LogP contribution in [0, 0.1) is 0 Å². The highest BCUT2D eigenvalue weighted by Gasteiger charge is 2.22. The van der Waals surface area contributed by atoms with Gasteiger partial charge in [-0.15, -0.1) is 0 Å². The second-order valence-corrected chi connectivity index (χ2v) is 6.47. The molecule has 0 fully saturated rings. The summed E-state index contributed by atoms with van der Waals surface area (Å²) in [6.07, 6.45) is 4.77. The molecule has 1 aliphatic carbocycles. The minimum absolute atomic E-state index is 0.144. The number of aromatic nitrogens is 1. The quantitative estimate of drug-likeness (QED) is 0.636. The summed E-state index contributed by atoms with van der Waals surface area (Å²) in [5.41, 5.74) is 2.76. The fraction of sp³-hybridized carbons (Fsp3) is 0.130. The second kappa shape index (κ2) is 7.79. The summed E-state index contributed by atoms with van der Waals surface area (Å²) in [6.45, 7) is 0. The molecule has 0 spiro atoms. The molecule has 1 aromatic heterocycles. The van der Waals surface area contributed by atoms with E-state index in [9.17, 15) is 9.90 Å². The Morgan fingerprint density at radius 3 is 2.37 bits per heavy atom. The lowest BCUT2D eigenvalue weighted by Gasteiger charge is -2.12. The second-order valence-electron chi connectivity index (χ2n) is 6.47. The maximum atomic E-state index is 12.4. The Hall–Kier alpha value is -4.00. The third-order valence-corrected chi connectivity index (χ3v) is 4.76. The van der Waals surface area contributed by atoms with Gasteiger partial charge in [-0.1, -0.05) is 30.3 Å². The first kappa shape index (κ1) is 19.3. The van der Waals surface area contributed by atoms with Crippen LogP contribution in [0.5, 0.6) is 23.2 Å². The van der Waals surface area contributed by atoms with Crippen molar-refractivity contribution in [3.63, 3.8) is 0 Å². The average Bonchev–Trinajstić information content (AvgIpc) is 3.14. The Kier molecular flexibility index (Phi) is 5.02. The summed E-state index contributed by atoms with van der Waals surface area (Å²) in [4.78, 5) is 16.8. The number of hydrogen-bond acceptors (Lipinski definition) is 7. The lowest BCUT2D eigenvalue weighted by atomic mass is 9.91. The van der Waals surface area contributed by atoms with Gasteiger partial charge in [-0.05, 0) is 35.4 Å². The molecule has 4 rings (SSSR count). The number of carbonyl (C=O) groups is 1. The van der Waals surface area contributed by atoms with E-state index in [1.165, 1.54) is 33.5 Å². The van der Waals surface area contributed by atoms with Crippen LogP contribution in [0.4, 0.5) is 0 Å². The van der Waals surface area contributed by atoms with Crippen molar-refractivity contribution in [3.8, 4) is 34.6 Å². The predicted octanol–water partition coefficient (Wildman–Crippen LogP) is 4.21. The summed E-state index contributed by atoms with van der Waals surface area (Å²) in [5.74, 6) is 0.845. The molecule has 152 valence electrons. The van der Waals surface area contributed by atoms with Gasteiger partial charge in [0, 0.05) is 11.1 Å². The molecule has 0 saturated carbocycles. The van der Waals surface area contributed by atoms with Crippen molar-refractivity contribution in [3.05, 3.63) is 59.3 Å². The molecule has 1 aliphatic rings. The third kappa shape index (κ3) is 3.30. The van der Waals surface area contributed by atoms with Crippen LogP contribution in [0.2, 0.25) is 0 Å².